The van der Waals surface area contributed by atoms with E-state index in [1.807, 2.05) is 36.5 Å². The SMILES string of the molecule is O=C(CC1CCNCC1)Nc1cncc(-c2ccc3[nH]nc(-c4cc5c(-c6ccoc6)nccc5[nH]4)c3c2)c1. The van der Waals surface area contributed by atoms with E-state index in [1.165, 1.54) is 0 Å². The van der Waals surface area contributed by atoms with Crippen molar-refractivity contribution in [1.29, 1.82) is 0 Å². The van der Waals surface area contributed by atoms with E-state index in [9.17, 15) is 4.79 Å². The highest BCUT2D eigenvalue weighted by atomic mass is 16.3. The number of anilines is 1. The smallest absolute Gasteiger partial charge is 0.224 e. The van der Waals surface area contributed by atoms with Gasteiger partial charge in [0.05, 0.1) is 41.3 Å². The lowest BCUT2D eigenvalue weighted by molar-refractivity contribution is -0.117. The topological polar surface area (TPSA) is 125 Å². The molecule has 5 aromatic heterocycles. The van der Waals surface area contributed by atoms with E-state index in [-0.39, 0.29) is 5.91 Å². The van der Waals surface area contributed by atoms with Gasteiger partial charge in [0.1, 0.15) is 5.69 Å². The number of carbonyl (C=O) groups is 1. The van der Waals surface area contributed by atoms with Gasteiger partial charge >= 0.3 is 0 Å². The van der Waals surface area contributed by atoms with Gasteiger partial charge in [0, 0.05) is 46.2 Å². The first-order valence-electron chi connectivity index (χ1n) is 13.2. The number of piperidine rings is 1. The number of amides is 1. The third kappa shape index (κ3) is 4.57. The molecule has 1 aliphatic heterocycles. The zero-order valence-corrected chi connectivity index (χ0v) is 21.2. The lowest BCUT2D eigenvalue weighted by Gasteiger charge is -2.21. The molecule has 0 atom stereocenters. The molecule has 7 rings (SSSR count). The largest absolute Gasteiger partial charge is 0.472 e. The average Bonchev–Trinajstić information content (AvgIpc) is 3.73. The van der Waals surface area contributed by atoms with Crippen molar-refractivity contribution in [2.24, 2.45) is 5.92 Å². The molecule has 0 unspecified atom stereocenters. The predicted octanol–water partition coefficient (Wildman–Crippen LogP) is 5.76. The van der Waals surface area contributed by atoms with Crippen molar-refractivity contribution in [2.75, 3.05) is 18.4 Å². The summed E-state index contributed by atoms with van der Waals surface area (Å²) in [7, 11) is 0. The number of nitrogens with zero attached hydrogens (tertiary/aromatic N) is 3. The summed E-state index contributed by atoms with van der Waals surface area (Å²) in [6, 6.07) is 14.1. The molecule has 194 valence electrons. The summed E-state index contributed by atoms with van der Waals surface area (Å²) in [5.41, 5.74) is 8.01. The zero-order valence-electron chi connectivity index (χ0n) is 21.2. The zero-order chi connectivity index (χ0) is 26.2. The Kier molecular flexibility index (Phi) is 5.90. The summed E-state index contributed by atoms with van der Waals surface area (Å²) in [5, 5.41) is 16.1. The fourth-order valence-corrected chi connectivity index (χ4v) is 5.44. The van der Waals surface area contributed by atoms with E-state index in [2.05, 4.69) is 47.9 Å². The number of aromatic nitrogens is 5. The number of pyridine rings is 2. The molecule has 1 aliphatic rings. The van der Waals surface area contributed by atoms with Crippen molar-refractivity contribution in [1.82, 2.24) is 30.5 Å². The molecular formula is C30H27N7O2. The normalized spacial score (nSPS) is 14.3. The third-order valence-electron chi connectivity index (χ3n) is 7.45. The van der Waals surface area contributed by atoms with Gasteiger partial charge in [-0.25, -0.2) is 0 Å². The molecule has 0 saturated carbocycles. The summed E-state index contributed by atoms with van der Waals surface area (Å²) >= 11 is 0. The van der Waals surface area contributed by atoms with Gasteiger partial charge < -0.3 is 20.0 Å². The molecule has 6 aromatic rings. The van der Waals surface area contributed by atoms with Crippen molar-refractivity contribution >= 4 is 33.4 Å². The van der Waals surface area contributed by atoms with E-state index >= 15 is 0 Å². The fourth-order valence-electron chi connectivity index (χ4n) is 5.44. The van der Waals surface area contributed by atoms with Crippen molar-refractivity contribution in [3.8, 4) is 33.8 Å². The Labute approximate surface area is 224 Å². The number of H-pyrrole nitrogens is 2. The molecule has 6 heterocycles. The van der Waals surface area contributed by atoms with Gasteiger partial charge in [-0.05, 0) is 73.8 Å². The fraction of sp³-hybridized carbons (Fsp3) is 0.200. The lowest BCUT2D eigenvalue weighted by Crippen LogP contribution is -2.30. The molecule has 9 heteroatoms. The molecule has 1 aromatic carbocycles. The minimum atomic E-state index is 0.0384. The van der Waals surface area contributed by atoms with Crippen molar-refractivity contribution in [3.63, 3.8) is 0 Å². The number of aromatic amines is 2. The van der Waals surface area contributed by atoms with Crippen LogP contribution in [0.25, 0.3) is 55.6 Å². The number of benzene rings is 1. The Morgan fingerprint density at radius 3 is 2.72 bits per heavy atom. The van der Waals surface area contributed by atoms with Crippen LogP contribution in [0.1, 0.15) is 19.3 Å². The summed E-state index contributed by atoms with van der Waals surface area (Å²) in [6.45, 7) is 1.96. The van der Waals surface area contributed by atoms with Crippen LogP contribution in [0.4, 0.5) is 5.69 Å². The third-order valence-corrected chi connectivity index (χ3v) is 7.45. The van der Waals surface area contributed by atoms with Crippen LogP contribution in [-0.4, -0.2) is 44.1 Å². The average molecular weight is 518 g/mol. The Balaban J connectivity index is 1.19. The number of fused-ring (bicyclic) bond motifs is 2. The van der Waals surface area contributed by atoms with Crippen molar-refractivity contribution in [2.45, 2.75) is 19.3 Å². The van der Waals surface area contributed by atoms with E-state index < -0.39 is 0 Å². The maximum atomic E-state index is 12.7. The first-order valence-corrected chi connectivity index (χ1v) is 13.2. The van der Waals surface area contributed by atoms with Crippen LogP contribution in [0.5, 0.6) is 0 Å². The number of hydrogen-bond donors (Lipinski definition) is 4. The number of hydrogen-bond acceptors (Lipinski definition) is 6. The maximum absolute atomic E-state index is 12.7. The number of rotatable bonds is 6. The molecule has 9 nitrogen and oxygen atoms in total. The van der Waals surface area contributed by atoms with Crippen LogP contribution in [0, 0.1) is 5.92 Å². The second-order valence-electron chi connectivity index (χ2n) is 10.1. The Morgan fingerprint density at radius 1 is 0.949 bits per heavy atom. The van der Waals surface area contributed by atoms with Gasteiger partial charge in [0.25, 0.3) is 0 Å². The Morgan fingerprint density at radius 2 is 1.85 bits per heavy atom. The molecule has 0 radical (unpaired) electrons. The standard InChI is InChI=1S/C30H27N7O2/c38-28(11-18-3-7-31-8-4-18)34-22-12-21(15-32-16-22)19-1-2-26-23(13-19)30(37-36-26)27-14-24-25(35-27)5-9-33-29(24)20-6-10-39-17-20/h1-2,5-6,9-10,12-18,31,35H,3-4,7-8,11H2,(H,34,38)(H,36,37). The lowest BCUT2D eigenvalue weighted by atomic mass is 9.94. The molecule has 0 bridgehead atoms. The van der Waals surface area contributed by atoms with Crippen LogP contribution < -0.4 is 10.6 Å². The number of nitrogens with one attached hydrogen (secondary N) is 4. The van der Waals surface area contributed by atoms with E-state index in [0.29, 0.717) is 18.0 Å². The second kappa shape index (κ2) is 9.85. The van der Waals surface area contributed by atoms with Crippen LogP contribution in [-0.2, 0) is 4.79 Å². The van der Waals surface area contributed by atoms with Gasteiger partial charge in [-0.15, -0.1) is 0 Å². The second-order valence-corrected chi connectivity index (χ2v) is 10.1. The van der Waals surface area contributed by atoms with Gasteiger partial charge in [0.2, 0.25) is 5.91 Å². The highest BCUT2D eigenvalue weighted by Gasteiger charge is 2.18. The minimum absolute atomic E-state index is 0.0384. The summed E-state index contributed by atoms with van der Waals surface area (Å²) in [6.07, 6.45) is 11.3. The first kappa shape index (κ1) is 23.4. The summed E-state index contributed by atoms with van der Waals surface area (Å²) in [5.74, 6) is 0.469. The van der Waals surface area contributed by atoms with Gasteiger partial charge in [-0.3, -0.25) is 19.9 Å². The Hall–Kier alpha value is -4.76. The maximum Gasteiger partial charge on any atom is 0.224 e. The van der Waals surface area contributed by atoms with Gasteiger partial charge in [0.15, 0.2) is 0 Å². The van der Waals surface area contributed by atoms with Crippen LogP contribution in [0.2, 0.25) is 0 Å². The molecule has 1 amide bonds. The van der Waals surface area contributed by atoms with Crippen LogP contribution in [0.3, 0.4) is 0 Å². The van der Waals surface area contributed by atoms with E-state index in [0.717, 1.165) is 81.5 Å². The van der Waals surface area contributed by atoms with Crippen LogP contribution in [0.15, 0.2) is 78.0 Å². The van der Waals surface area contributed by atoms with Gasteiger partial charge in [-0.1, -0.05) is 6.07 Å². The predicted molar refractivity (Wildman–Crippen MR) is 151 cm³/mol. The van der Waals surface area contributed by atoms with E-state index in [4.69, 9.17) is 4.42 Å². The minimum Gasteiger partial charge on any atom is -0.472 e. The van der Waals surface area contributed by atoms with Crippen molar-refractivity contribution in [3.05, 3.63) is 73.6 Å². The first-order chi connectivity index (χ1) is 19.2. The molecule has 39 heavy (non-hydrogen) atoms. The highest BCUT2D eigenvalue weighted by Crippen LogP contribution is 2.34. The van der Waals surface area contributed by atoms with Gasteiger partial charge in [-0.2, -0.15) is 5.10 Å². The summed E-state index contributed by atoms with van der Waals surface area (Å²) in [4.78, 5) is 25.1. The molecule has 1 fully saturated rings. The number of furan rings is 1. The molecule has 1 saturated heterocycles. The molecule has 0 aliphatic carbocycles. The van der Waals surface area contributed by atoms with E-state index in [1.54, 1.807) is 24.9 Å². The van der Waals surface area contributed by atoms with Crippen LogP contribution >= 0.6 is 0 Å². The quantitative estimate of drug-likeness (QED) is 0.223. The highest BCUT2D eigenvalue weighted by molar-refractivity contribution is 6.01. The summed E-state index contributed by atoms with van der Waals surface area (Å²) < 4.78 is 5.28. The van der Waals surface area contributed by atoms with Crippen molar-refractivity contribution < 1.29 is 9.21 Å². The molecule has 4 N–H and O–H groups in total. The number of carbonyl (C=O) groups excluding carboxylic acids is 1. The molecule has 0 spiro atoms. The monoisotopic (exact) mass is 517 g/mol. The molecular weight excluding hydrogens is 490 g/mol. The Bertz CT molecular complexity index is 1780.